The molecule has 266 valence electrons. The zero-order valence-corrected chi connectivity index (χ0v) is 29.2. The van der Waals surface area contributed by atoms with Crippen molar-refractivity contribution >= 4 is 0 Å². The molecule has 1 saturated heterocycles. The molecule has 1 saturated carbocycles. The summed E-state index contributed by atoms with van der Waals surface area (Å²) in [6, 6.07) is 43.4. The van der Waals surface area contributed by atoms with Gasteiger partial charge < -0.3 is 4.74 Å². The summed E-state index contributed by atoms with van der Waals surface area (Å²) in [5.74, 6) is -0.472. The van der Waals surface area contributed by atoms with Crippen molar-refractivity contribution in [2.45, 2.75) is 86.0 Å². The Bertz CT molecular complexity index is 1230. The number of hydrogen-bond acceptors (Lipinski definition) is 1. The summed E-state index contributed by atoms with van der Waals surface area (Å²) in [7, 11) is 0. The van der Waals surface area contributed by atoms with Crippen molar-refractivity contribution in [2.24, 2.45) is 0 Å². The zero-order chi connectivity index (χ0) is 34.9. The molecule has 0 atom stereocenters. The molecule has 49 heavy (non-hydrogen) atoms. The van der Waals surface area contributed by atoms with Crippen molar-refractivity contribution in [2.75, 3.05) is 13.2 Å². The maximum Gasteiger partial charge on any atom is 0.126 e. The van der Waals surface area contributed by atoms with E-state index in [2.05, 4.69) is 19.1 Å². The molecule has 5 aromatic rings. The van der Waals surface area contributed by atoms with Gasteiger partial charge in [-0.2, -0.15) is 0 Å². The van der Waals surface area contributed by atoms with Crippen LogP contribution in [0.3, 0.4) is 0 Å². The lowest BCUT2D eigenvalue weighted by molar-refractivity contribution is 0.0968. The predicted octanol–water partition coefficient (Wildman–Crippen LogP) is 13.9. The number of hydrogen-bond donors (Lipinski definition) is 0. The Morgan fingerprint density at radius 2 is 0.755 bits per heavy atom. The van der Waals surface area contributed by atoms with Crippen molar-refractivity contribution in [1.29, 1.82) is 0 Å². The molecule has 7 rings (SSSR count). The third kappa shape index (κ3) is 29.7. The van der Waals surface area contributed by atoms with E-state index in [1.54, 1.807) is 43.3 Å². The van der Waals surface area contributed by atoms with Crippen molar-refractivity contribution in [1.82, 2.24) is 0 Å². The number of aryl methyl sites for hydroxylation is 3. The van der Waals surface area contributed by atoms with Gasteiger partial charge in [-0.25, -0.2) is 13.2 Å². The van der Waals surface area contributed by atoms with Gasteiger partial charge in [0.1, 0.15) is 17.5 Å². The van der Waals surface area contributed by atoms with E-state index in [-0.39, 0.29) is 24.9 Å². The van der Waals surface area contributed by atoms with Gasteiger partial charge in [-0.05, 0) is 81.5 Å². The molecule has 1 aliphatic heterocycles. The van der Waals surface area contributed by atoms with Gasteiger partial charge in [0, 0.05) is 13.2 Å². The van der Waals surface area contributed by atoms with Crippen molar-refractivity contribution in [3.63, 3.8) is 0 Å². The quantitative estimate of drug-likeness (QED) is 0.159. The molecule has 0 N–H and O–H groups in total. The van der Waals surface area contributed by atoms with Gasteiger partial charge in [0.25, 0.3) is 0 Å². The molecular weight excluding hydrogens is 613 g/mol. The number of ether oxygens (including phenoxy) is 1. The minimum atomic E-state index is -0.178. The Labute approximate surface area is 296 Å². The topological polar surface area (TPSA) is 9.23 Å². The molecule has 2 aliphatic rings. The van der Waals surface area contributed by atoms with E-state index < -0.39 is 0 Å². The molecular formula is C45H59F3O. The summed E-state index contributed by atoms with van der Waals surface area (Å²) in [6.45, 7) is 7.69. The van der Waals surface area contributed by atoms with E-state index >= 15 is 0 Å². The van der Waals surface area contributed by atoms with Gasteiger partial charge in [-0.15, -0.1) is 0 Å². The largest absolute Gasteiger partial charge is 0.381 e. The van der Waals surface area contributed by atoms with Crippen LogP contribution in [0.5, 0.6) is 0 Å². The summed E-state index contributed by atoms with van der Waals surface area (Å²) < 4.78 is 41.5. The molecule has 0 unspecified atom stereocenters. The Hall–Kier alpha value is -4.15. The van der Waals surface area contributed by atoms with Crippen LogP contribution >= 0.6 is 0 Å². The highest BCUT2D eigenvalue weighted by Crippen LogP contribution is 2.15. The van der Waals surface area contributed by atoms with E-state index in [0.717, 1.165) is 18.8 Å². The fraction of sp³-hybridized carbons (Fsp3) is 0.333. The Balaban J connectivity index is 0.000000548. The molecule has 0 aromatic heterocycles. The minimum Gasteiger partial charge on any atom is -0.381 e. The van der Waals surface area contributed by atoms with Gasteiger partial charge in [-0.1, -0.05) is 167 Å². The van der Waals surface area contributed by atoms with Gasteiger partial charge >= 0.3 is 0 Å². The molecule has 1 nitrogen and oxygen atoms in total. The van der Waals surface area contributed by atoms with Crippen LogP contribution in [0.2, 0.25) is 0 Å². The monoisotopic (exact) mass is 672 g/mol. The fourth-order valence-electron chi connectivity index (χ4n) is 4.24. The zero-order valence-electron chi connectivity index (χ0n) is 29.2. The Morgan fingerprint density at radius 1 is 0.388 bits per heavy atom. The molecule has 0 radical (unpaired) electrons. The Kier molecular flexibility index (Phi) is 29.7. The van der Waals surface area contributed by atoms with E-state index in [1.807, 2.05) is 73.7 Å². The highest BCUT2D eigenvalue weighted by molar-refractivity contribution is 5.15. The van der Waals surface area contributed by atoms with Gasteiger partial charge in [0.15, 0.2) is 0 Å². The van der Waals surface area contributed by atoms with Crippen molar-refractivity contribution in [3.05, 3.63) is 180 Å². The first-order valence-electron chi connectivity index (χ1n) is 17.1. The van der Waals surface area contributed by atoms with E-state index in [0.29, 0.717) is 5.56 Å². The minimum absolute atomic E-state index is 0. The molecule has 5 aromatic carbocycles. The predicted molar refractivity (Wildman–Crippen MR) is 205 cm³/mol. The highest BCUT2D eigenvalue weighted by atomic mass is 19.1. The van der Waals surface area contributed by atoms with Gasteiger partial charge in [-0.3, -0.25) is 0 Å². The van der Waals surface area contributed by atoms with Crippen molar-refractivity contribution in [3.8, 4) is 0 Å². The first-order chi connectivity index (χ1) is 23.4. The number of benzene rings is 5. The molecule has 0 spiro atoms. The molecule has 0 amide bonds. The van der Waals surface area contributed by atoms with Crippen LogP contribution in [0, 0.1) is 38.2 Å². The lowest BCUT2D eigenvalue weighted by atomic mass is 10.0. The fourth-order valence-corrected chi connectivity index (χ4v) is 4.24. The summed E-state index contributed by atoms with van der Waals surface area (Å²) in [4.78, 5) is 0. The van der Waals surface area contributed by atoms with Crippen molar-refractivity contribution < 1.29 is 17.9 Å². The van der Waals surface area contributed by atoms with Crippen LogP contribution in [0.15, 0.2) is 146 Å². The van der Waals surface area contributed by atoms with Gasteiger partial charge in [0.2, 0.25) is 0 Å². The second kappa shape index (κ2) is 32.4. The van der Waals surface area contributed by atoms with Crippen LogP contribution in [-0.4, -0.2) is 13.2 Å². The second-order valence-electron chi connectivity index (χ2n) is 11.4. The van der Waals surface area contributed by atoms with E-state index in [1.165, 1.54) is 93.7 Å². The smallest absolute Gasteiger partial charge is 0.126 e. The van der Waals surface area contributed by atoms with E-state index in [9.17, 15) is 13.2 Å². The lowest BCUT2D eigenvalue weighted by Gasteiger charge is -2.08. The number of rotatable bonds is 0. The third-order valence-electron chi connectivity index (χ3n) is 6.97. The van der Waals surface area contributed by atoms with Gasteiger partial charge in [0.05, 0.1) is 0 Å². The second-order valence-corrected chi connectivity index (χ2v) is 11.4. The molecule has 4 heteroatoms. The van der Waals surface area contributed by atoms with Crippen LogP contribution in [0.1, 0.15) is 81.9 Å². The first-order valence-corrected chi connectivity index (χ1v) is 17.1. The van der Waals surface area contributed by atoms with Crippen LogP contribution < -0.4 is 0 Å². The molecule has 0 bridgehead atoms. The summed E-state index contributed by atoms with van der Waals surface area (Å²) in [5.41, 5.74) is 2.99. The first kappa shape index (κ1) is 44.9. The van der Waals surface area contributed by atoms with Crippen LogP contribution in [-0.2, 0) is 4.74 Å². The van der Waals surface area contributed by atoms with E-state index in [4.69, 9.17) is 4.74 Å². The summed E-state index contributed by atoms with van der Waals surface area (Å²) in [6.07, 6.45) is 12.9. The maximum atomic E-state index is 12.3. The average molecular weight is 673 g/mol. The third-order valence-corrected chi connectivity index (χ3v) is 6.97. The SMILES string of the molecule is C.C1CCCCC1.C1CCOCC1.Cc1cccc(F)c1.Cc1ccccc1.Cc1ccccc1F.Fc1ccccc1.c1ccccc1. The lowest BCUT2D eigenvalue weighted by Crippen LogP contribution is -2.03. The molecule has 1 heterocycles. The Morgan fingerprint density at radius 3 is 1.00 bits per heavy atom. The normalized spacial score (nSPS) is 12.4. The molecule has 2 fully saturated rings. The highest BCUT2D eigenvalue weighted by Gasteiger charge is 1.96. The average Bonchev–Trinajstić information content (AvgIpc) is 3.14. The maximum absolute atomic E-state index is 12.3. The van der Waals surface area contributed by atoms with Crippen LogP contribution in [0.4, 0.5) is 13.2 Å². The summed E-state index contributed by atoms with van der Waals surface area (Å²) in [5, 5.41) is 0. The molecule has 1 aliphatic carbocycles. The summed E-state index contributed by atoms with van der Waals surface area (Å²) >= 11 is 0. The standard InChI is InChI=1S/2C7H7F.C7H8.C6H5F.C6H12.C6H6.C5H10O.CH4/c1-6-3-2-4-7(8)5-6;1-6-4-2-3-5-7(6)8;1-7-5-3-2-4-6-7;7-6-4-2-1-3-5-6;3*1-2-4-6-5-3-1;/h2*2-5H,1H3;2-6H,1H3;1-5H;1-6H2;1-6H;1-5H2;1H4. The van der Waals surface area contributed by atoms with Crippen LogP contribution in [0.25, 0.3) is 0 Å². The number of halogens is 3.